The molecule has 0 aliphatic carbocycles. The second-order valence-corrected chi connectivity index (χ2v) is 5.19. The topological polar surface area (TPSA) is 132 Å². The number of carboxylic acid groups (broad SMARTS) is 1. The van der Waals surface area contributed by atoms with Crippen LogP contribution in [0.3, 0.4) is 0 Å². The van der Waals surface area contributed by atoms with Crippen LogP contribution >= 0.6 is 0 Å². The average Bonchev–Trinajstić information content (AvgIpc) is 3.05. The van der Waals surface area contributed by atoms with Crippen molar-refractivity contribution >= 4 is 16.9 Å². The van der Waals surface area contributed by atoms with Gasteiger partial charge in [0.05, 0.1) is 0 Å². The van der Waals surface area contributed by atoms with Gasteiger partial charge in [0, 0.05) is 34.7 Å². The number of aryl methyl sites for hydroxylation is 2. The first-order valence-corrected chi connectivity index (χ1v) is 7.03. The standard InChI is InChI=1S/C15H14N4O5/c1-7-9-3-4-11(23-6-12-16-18-19-17-12)8(2)14(9)24-15(22)10(7)5-13(20)21/h3-4H,5-6H2,1-2H3,(H2,16,17,18,19,20,21)/p-2. The van der Waals surface area contributed by atoms with Gasteiger partial charge in [-0.1, -0.05) is 0 Å². The Bertz CT molecular complexity index is 962. The van der Waals surface area contributed by atoms with Gasteiger partial charge in [-0.2, -0.15) is 5.21 Å². The summed E-state index contributed by atoms with van der Waals surface area (Å²) in [6, 6.07) is 3.41. The van der Waals surface area contributed by atoms with Crippen LogP contribution in [-0.4, -0.2) is 21.5 Å². The number of fused-ring (bicyclic) bond motifs is 1. The molecule has 1 aromatic carbocycles. The molecule has 0 bridgehead atoms. The van der Waals surface area contributed by atoms with E-state index in [-0.39, 0.29) is 12.2 Å². The summed E-state index contributed by atoms with van der Waals surface area (Å²) in [4.78, 5) is 22.9. The second kappa shape index (κ2) is 6.11. The second-order valence-electron chi connectivity index (χ2n) is 5.19. The molecule has 0 N–H and O–H groups in total. The van der Waals surface area contributed by atoms with Gasteiger partial charge in [-0.25, -0.2) is 4.79 Å². The zero-order valence-corrected chi connectivity index (χ0v) is 12.9. The minimum absolute atomic E-state index is 0.0747. The van der Waals surface area contributed by atoms with Gasteiger partial charge in [0.25, 0.3) is 0 Å². The Hall–Kier alpha value is -3.23. The van der Waals surface area contributed by atoms with Gasteiger partial charge >= 0.3 is 5.63 Å². The first-order valence-electron chi connectivity index (χ1n) is 7.03. The van der Waals surface area contributed by atoms with Crippen LogP contribution in [0.25, 0.3) is 11.0 Å². The third-order valence-electron chi connectivity index (χ3n) is 3.69. The Balaban J connectivity index is 2.02. The number of rotatable bonds is 5. The maximum Gasteiger partial charge on any atom is 0.340 e. The summed E-state index contributed by atoms with van der Waals surface area (Å²) in [5, 5.41) is 25.5. The van der Waals surface area contributed by atoms with Gasteiger partial charge in [-0.15, -0.1) is 0 Å². The molecule has 0 aliphatic rings. The molecule has 0 amide bonds. The molecule has 0 aliphatic heterocycles. The molecule has 124 valence electrons. The Morgan fingerprint density at radius 3 is 2.79 bits per heavy atom. The Morgan fingerprint density at radius 1 is 1.33 bits per heavy atom. The smallest absolute Gasteiger partial charge is 0.340 e. The van der Waals surface area contributed by atoms with E-state index in [1.54, 1.807) is 26.0 Å². The van der Waals surface area contributed by atoms with Crippen molar-refractivity contribution in [3.8, 4) is 5.75 Å². The zero-order valence-electron chi connectivity index (χ0n) is 12.9. The Kier molecular flexibility index (Phi) is 3.98. The zero-order chi connectivity index (χ0) is 17.3. The summed E-state index contributed by atoms with van der Waals surface area (Å²) in [7, 11) is 0. The van der Waals surface area contributed by atoms with Crippen molar-refractivity contribution in [1.82, 2.24) is 20.6 Å². The predicted molar refractivity (Wildman–Crippen MR) is 78.1 cm³/mol. The number of nitrogens with zero attached hydrogens (tertiary/aromatic N) is 4. The van der Waals surface area contributed by atoms with E-state index >= 15 is 0 Å². The molecule has 24 heavy (non-hydrogen) atoms. The normalized spacial score (nSPS) is 10.9. The van der Waals surface area contributed by atoms with Crippen molar-refractivity contribution in [3.63, 3.8) is 0 Å². The van der Waals surface area contributed by atoms with E-state index in [1.165, 1.54) is 0 Å². The highest BCUT2D eigenvalue weighted by molar-refractivity contribution is 5.86. The molecule has 0 radical (unpaired) electrons. The van der Waals surface area contributed by atoms with E-state index in [1.807, 2.05) is 0 Å². The number of carbonyl (C=O) groups excluding carboxylic acids is 1. The Labute approximate surface area is 135 Å². The number of aliphatic carboxylic acids is 1. The van der Waals surface area contributed by atoms with E-state index in [4.69, 9.17) is 9.15 Å². The number of tetrazole rings is 1. The van der Waals surface area contributed by atoms with Crippen LogP contribution in [0, 0.1) is 13.8 Å². The Morgan fingerprint density at radius 2 is 2.12 bits per heavy atom. The molecule has 9 heteroatoms. The fourth-order valence-electron chi connectivity index (χ4n) is 2.44. The minimum Gasteiger partial charge on any atom is -0.550 e. The van der Waals surface area contributed by atoms with Crippen molar-refractivity contribution < 1.29 is 19.1 Å². The van der Waals surface area contributed by atoms with Gasteiger partial charge in [0.15, 0.2) is 0 Å². The van der Waals surface area contributed by atoms with Crippen molar-refractivity contribution in [2.45, 2.75) is 26.9 Å². The van der Waals surface area contributed by atoms with E-state index in [0.29, 0.717) is 33.7 Å². The van der Waals surface area contributed by atoms with Crippen LogP contribution < -0.4 is 20.6 Å². The maximum absolute atomic E-state index is 12.1. The number of carboxylic acids is 1. The fraction of sp³-hybridized carbons (Fsp3) is 0.267. The molecule has 9 nitrogen and oxygen atoms in total. The van der Waals surface area contributed by atoms with Crippen molar-refractivity contribution in [3.05, 3.63) is 45.1 Å². The summed E-state index contributed by atoms with van der Waals surface area (Å²) in [5.74, 6) is -0.516. The third-order valence-corrected chi connectivity index (χ3v) is 3.69. The molecule has 2 aromatic heterocycles. The van der Waals surface area contributed by atoms with E-state index < -0.39 is 18.0 Å². The molecule has 3 aromatic rings. The molecule has 0 fully saturated rings. The molecule has 3 rings (SSSR count). The van der Waals surface area contributed by atoms with Gasteiger partial charge in [-0.3, -0.25) is 10.3 Å². The highest BCUT2D eigenvalue weighted by Gasteiger charge is 2.15. The lowest BCUT2D eigenvalue weighted by molar-refractivity contribution is -0.304. The van der Waals surface area contributed by atoms with Crippen LogP contribution in [0.1, 0.15) is 22.5 Å². The maximum atomic E-state index is 12.1. The molecule has 0 saturated carbocycles. The predicted octanol–water partition coefficient (Wildman–Crippen LogP) is -0.577. The van der Waals surface area contributed by atoms with Crippen LogP contribution in [0.2, 0.25) is 0 Å². The molecule has 0 atom stereocenters. The molecule has 2 heterocycles. The first-order chi connectivity index (χ1) is 11.5. The summed E-state index contributed by atoms with van der Waals surface area (Å²) in [5.41, 5.74) is 0.889. The number of hydrogen-bond donors (Lipinski definition) is 0. The van der Waals surface area contributed by atoms with Gasteiger partial charge in [0.2, 0.25) is 0 Å². The van der Waals surface area contributed by atoms with Crippen LogP contribution in [-0.2, 0) is 17.8 Å². The number of ether oxygens (including phenoxy) is 1. The minimum atomic E-state index is -1.33. The quantitative estimate of drug-likeness (QED) is 0.564. The van der Waals surface area contributed by atoms with Crippen molar-refractivity contribution in [2.75, 3.05) is 0 Å². The van der Waals surface area contributed by atoms with Crippen molar-refractivity contribution in [2.24, 2.45) is 0 Å². The number of aromatic nitrogens is 4. The lowest BCUT2D eigenvalue weighted by Gasteiger charge is -2.13. The first kappa shape index (κ1) is 15.7. The number of carbonyl (C=O) groups is 1. The molecular formula is C15H12N4O5-2. The van der Waals surface area contributed by atoms with Crippen molar-refractivity contribution in [1.29, 1.82) is 0 Å². The van der Waals surface area contributed by atoms with Gasteiger partial charge in [0.1, 0.15) is 17.9 Å². The molecular weight excluding hydrogens is 316 g/mol. The van der Waals surface area contributed by atoms with E-state index in [2.05, 4.69) is 20.6 Å². The number of hydrogen-bond acceptors (Lipinski definition) is 8. The van der Waals surface area contributed by atoms with Crippen LogP contribution in [0.15, 0.2) is 21.3 Å². The fourth-order valence-corrected chi connectivity index (χ4v) is 2.44. The lowest BCUT2D eigenvalue weighted by Crippen LogP contribution is -2.27. The summed E-state index contributed by atoms with van der Waals surface area (Å²) in [6.07, 6.45) is -0.490. The van der Waals surface area contributed by atoms with Gasteiger partial charge in [-0.05, 0) is 31.5 Å². The monoisotopic (exact) mass is 328 g/mol. The van der Waals surface area contributed by atoms with Gasteiger partial charge < -0.3 is 24.2 Å². The summed E-state index contributed by atoms with van der Waals surface area (Å²) in [6.45, 7) is 3.48. The summed E-state index contributed by atoms with van der Waals surface area (Å²) >= 11 is 0. The lowest BCUT2D eigenvalue weighted by atomic mass is 10.0. The summed E-state index contributed by atoms with van der Waals surface area (Å²) < 4.78 is 10.9. The van der Waals surface area contributed by atoms with E-state index in [0.717, 1.165) is 0 Å². The highest BCUT2D eigenvalue weighted by atomic mass is 16.5. The average molecular weight is 328 g/mol. The molecule has 0 spiro atoms. The van der Waals surface area contributed by atoms with Crippen LogP contribution in [0.5, 0.6) is 5.75 Å². The highest BCUT2D eigenvalue weighted by Crippen LogP contribution is 2.29. The van der Waals surface area contributed by atoms with E-state index in [9.17, 15) is 14.7 Å². The largest absolute Gasteiger partial charge is 0.550 e. The number of benzene rings is 1. The molecule has 0 saturated heterocycles. The van der Waals surface area contributed by atoms with Crippen LogP contribution in [0.4, 0.5) is 0 Å². The third kappa shape index (κ3) is 2.83. The SMILES string of the molecule is Cc1c(CC(=O)[O-])c(=O)oc2c(C)c(OCc3nnn[n-]3)ccc12. The molecule has 0 unspecified atom stereocenters.